The van der Waals surface area contributed by atoms with Gasteiger partial charge in [-0.15, -0.1) is 0 Å². The van der Waals surface area contributed by atoms with Crippen molar-refractivity contribution in [1.82, 2.24) is 5.32 Å². The highest BCUT2D eigenvalue weighted by molar-refractivity contribution is 14.1. The topological polar surface area (TPSA) is 84.9 Å². The monoisotopic (exact) mass is 345 g/mol. The van der Waals surface area contributed by atoms with Gasteiger partial charge in [-0.3, -0.25) is 5.32 Å². The maximum atomic E-state index is 11.4. The quantitative estimate of drug-likeness (QED) is 0.342. The number of aliphatic hydroxyl groups is 1. The van der Waals surface area contributed by atoms with Gasteiger partial charge in [-0.25, -0.2) is 9.59 Å². The van der Waals surface area contributed by atoms with E-state index in [0.717, 1.165) is 0 Å². The van der Waals surface area contributed by atoms with Gasteiger partial charge >= 0.3 is 12.1 Å². The highest BCUT2D eigenvalue weighted by Crippen LogP contribution is 2.17. The van der Waals surface area contributed by atoms with Gasteiger partial charge in [0.1, 0.15) is 5.60 Å². The van der Waals surface area contributed by atoms with Crippen molar-refractivity contribution in [2.24, 2.45) is 0 Å². The van der Waals surface area contributed by atoms with Gasteiger partial charge < -0.3 is 14.6 Å². The number of rotatable bonds is 3. The number of methoxy groups -OCH3 is 1. The highest BCUT2D eigenvalue weighted by atomic mass is 127. The number of alkyl carbamates (subject to hydrolysis) is 1. The molecule has 7 heteroatoms. The summed E-state index contributed by atoms with van der Waals surface area (Å²) in [6.07, 6.45) is -0.790. The van der Waals surface area contributed by atoms with Crippen molar-refractivity contribution in [2.45, 2.75) is 29.9 Å². The molecule has 0 aliphatic carbocycles. The van der Waals surface area contributed by atoms with Gasteiger partial charge in [0.15, 0.2) is 0 Å². The second kappa shape index (κ2) is 5.67. The van der Waals surface area contributed by atoms with Gasteiger partial charge in [-0.05, 0) is 43.4 Å². The summed E-state index contributed by atoms with van der Waals surface area (Å²) >= 11 is 1.60. The van der Waals surface area contributed by atoms with E-state index in [4.69, 9.17) is 9.84 Å². The Hall–Kier alpha value is -0.570. The van der Waals surface area contributed by atoms with Crippen molar-refractivity contribution < 1.29 is 24.2 Å². The standard InChI is InChI=1S/C9H16INO5/c1-8(2,3)16-7(14)11-9(10,5-12)6(13)15-4/h12H,5H2,1-4H3,(H,11,14)/t9-/m0/s1. The molecule has 6 nitrogen and oxygen atoms in total. The lowest BCUT2D eigenvalue weighted by Gasteiger charge is -2.26. The number of alkyl halides is 1. The fourth-order valence-electron chi connectivity index (χ4n) is 0.782. The van der Waals surface area contributed by atoms with E-state index in [1.54, 1.807) is 43.4 Å². The Balaban J connectivity index is 4.55. The fraction of sp³-hybridized carbons (Fsp3) is 0.778. The smallest absolute Gasteiger partial charge is 0.409 e. The van der Waals surface area contributed by atoms with E-state index in [0.29, 0.717) is 0 Å². The van der Waals surface area contributed by atoms with Gasteiger partial charge in [0.05, 0.1) is 13.7 Å². The molecular weight excluding hydrogens is 329 g/mol. The molecule has 0 bridgehead atoms. The minimum absolute atomic E-state index is 0.584. The number of hydrogen-bond acceptors (Lipinski definition) is 5. The van der Waals surface area contributed by atoms with Crippen LogP contribution in [-0.4, -0.2) is 40.0 Å². The minimum Gasteiger partial charge on any atom is -0.467 e. The van der Waals surface area contributed by atoms with Crippen molar-refractivity contribution in [1.29, 1.82) is 0 Å². The normalized spacial score (nSPS) is 14.9. The summed E-state index contributed by atoms with van der Waals surface area (Å²) in [6.45, 7) is 4.50. The molecule has 0 rings (SSSR count). The van der Waals surface area contributed by atoms with Gasteiger partial charge in [0.2, 0.25) is 3.55 Å². The van der Waals surface area contributed by atoms with Crippen molar-refractivity contribution >= 4 is 34.7 Å². The first-order valence-corrected chi connectivity index (χ1v) is 5.62. The van der Waals surface area contributed by atoms with E-state index >= 15 is 0 Å². The molecule has 0 spiro atoms. The third kappa shape index (κ3) is 4.97. The van der Waals surface area contributed by atoms with Crippen LogP contribution in [0.15, 0.2) is 0 Å². The maximum absolute atomic E-state index is 11.4. The van der Waals surface area contributed by atoms with E-state index in [1.165, 1.54) is 7.11 Å². The second-order valence-electron chi connectivity index (χ2n) is 4.08. The molecule has 0 saturated heterocycles. The molecule has 0 aliphatic rings. The van der Waals surface area contributed by atoms with Crippen LogP contribution in [0, 0.1) is 0 Å². The number of carbonyl (C=O) groups excluding carboxylic acids is 2. The summed E-state index contributed by atoms with van der Waals surface area (Å²) in [7, 11) is 1.17. The number of ether oxygens (including phenoxy) is 2. The van der Waals surface area contributed by atoms with Crippen LogP contribution in [0.1, 0.15) is 20.8 Å². The Morgan fingerprint density at radius 2 is 1.88 bits per heavy atom. The van der Waals surface area contributed by atoms with E-state index in [2.05, 4.69) is 10.1 Å². The maximum Gasteiger partial charge on any atom is 0.409 e. The first-order chi connectivity index (χ1) is 7.14. The predicted octanol–water partition coefficient (Wildman–Crippen LogP) is 0.808. The molecule has 1 amide bonds. The Morgan fingerprint density at radius 3 is 2.19 bits per heavy atom. The van der Waals surface area contributed by atoms with E-state index in [9.17, 15) is 9.59 Å². The van der Waals surface area contributed by atoms with Crippen LogP contribution in [0.3, 0.4) is 0 Å². The molecule has 0 radical (unpaired) electrons. The summed E-state index contributed by atoms with van der Waals surface area (Å²) in [4.78, 5) is 22.7. The zero-order valence-corrected chi connectivity index (χ0v) is 11.8. The molecule has 0 unspecified atom stereocenters. The van der Waals surface area contributed by atoms with E-state index < -0.39 is 27.8 Å². The molecule has 0 aromatic rings. The summed E-state index contributed by atoms with van der Waals surface area (Å²) in [6, 6.07) is 0. The summed E-state index contributed by atoms with van der Waals surface area (Å²) < 4.78 is 7.90. The number of esters is 1. The molecule has 94 valence electrons. The molecule has 2 N–H and O–H groups in total. The zero-order valence-electron chi connectivity index (χ0n) is 9.67. The van der Waals surface area contributed by atoms with Crippen molar-refractivity contribution in [2.75, 3.05) is 13.7 Å². The number of nitrogens with one attached hydrogen (secondary N) is 1. The lowest BCUT2D eigenvalue weighted by molar-refractivity contribution is -0.144. The lowest BCUT2D eigenvalue weighted by atomic mass is 10.2. The second-order valence-corrected chi connectivity index (χ2v) is 5.92. The van der Waals surface area contributed by atoms with Crippen molar-refractivity contribution in [3.05, 3.63) is 0 Å². The van der Waals surface area contributed by atoms with Crippen molar-refractivity contribution in [3.63, 3.8) is 0 Å². The van der Waals surface area contributed by atoms with Crippen LogP contribution in [0.5, 0.6) is 0 Å². The van der Waals surface area contributed by atoms with Gasteiger partial charge in [0.25, 0.3) is 0 Å². The zero-order chi connectivity index (χ0) is 13.0. The van der Waals surface area contributed by atoms with Crippen LogP contribution in [-0.2, 0) is 14.3 Å². The molecule has 0 heterocycles. The van der Waals surface area contributed by atoms with E-state index in [1.807, 2.05) is 0 Å². The molecule has 16 heavy (non-hydrogen) atoms. The number of carbonyl (C=O) groups is 2. The Morgan fingerprint density at radius 1 is 1.38 bits per heavy atom. The van der Waals surface area contributed by atoms with Crippen LogP contribution in [0.25, 0.3) is 0 Å². The predicted molar refractivity (Wildman–Crippen MR) is 65.2 cm³/mol. The van der Waals surface area contributed by atoms with Gasteiger partial charge in [-0.1, -0.05) is 0 Å². The average Bonchev–Trinajstić information content (AvgIpc) is 2.13. The molecule has 1 atom stereocenters. The van der Waals surface area contributed by atoms with Crippen LogP contribution >= 0.6 is 22.6 Å². The molecule has 0 aliphatic heterocycles. The minimum atomic E-state index is -1.52. The molecule has 0 fully saturated rings. The number of aliphatic hydroxyl groups excluding tert-OH is 1. The van der Waals surface area contributed by atoms with Gasteiger partial charge in [0, 0.05) is 0 Å². The molecule has 0 aromatic heterocycles. The average molecular weight is 345 g/mol. The summed E-state index contributed by atoms with van der Waals surface area (Å²) in [5, 5.41) is 11.3. The van der Waals surface area contributed by atoms with Crippen LogP contribution in [0.2, 0.25) is 0 Å². The SMILES string of the molecule is COC(=O)[C@](I)(CO)NC(=O)OC(C)(C)C. The molecular formula is C9H16INO5. The number of halogens is 1. The summed E-state index contributed by atoms with van der Waals surface area (Å²) in [5.41, 5.74) is -0.673. The molecule has 0 aromatic carbocycles. The Labute approximate surface area is 108 Å². The van der Waals surface area contributed by atoms with Crippen molar-refractivity contribution in [3.8, 4) is 0 Å². The van der Waals surface area contributed by atoms with Gasteiger partial charge in [-0.2, -0.15) is 0 Å². The van der Waals surface area contributed by atoms with E-state index in [-0.39, 0.29) is 0 Å². The Kier molecular flexibility index (Phi) is 5.47. The number of amides is 1. The highest BCUT2D eigenvalue weighted by Gasteiger charge is 2.39. The van der Waals surface area contributed by atoms with Crippen LogP contribution in [0.4, 0.5) is 4.79 Å². The molecule has 0 saturated carbocycles. The van der Waals surface area contributed by atoms with Crippen LogP contribution < -0.4 is 5.32 Å². The third-order valence-electron chi connectivity index (χ3n) is 1.43. The Bertz CT molecular complexity index is 276. The largest absolute Gasteiger partial charge is 0.467 e. The number of hydrogen-bond donors (Lipinski definition) is 2. The summed E-state index contributed by atoms with van der Waals surface area (Å²) in [5.74, 6) is -0.749. The fourth-order valence-corrected chi connectivity index (χ4v) is 1.22. The first kappa shape index (κ1) is 15.4. The third-order valence-corrected chi connectivity index (χ3v) is 2.48. The lowest BCUT2D eigenvalue weighted by Crippen LogP contribution is -2.53. The first-order valence-electron chi connectivity index (χ1n) is 4.54.